The third-order valence-corrected chi connectivity index (χ3v) is 3.96. The lowest BCUT2D eigenvalue weighted by molar-refractivity contribution is -0.150. The van der Waals surface area contributed by atoms with E-state index in [9.17, 15) is 9.59 Å². The van der Waals surface area contributed by atoms with Gasteiger partial charge in [0.1, 0.15) is 11.3 Å². The fraction of sp³-hybridized carbons (Fsp3) is 0.238. The lowest BCUT2D eigenvalue weighted by Gasteiger charge is -2.17. The first kappa shape index (κ1) is 17.7. The molecule has 1 aromatic heterocycles. The van der Waals surface area contributed by atoms with Gasteiger partial charge in [-0.2, -0.15) is 0 Å². The number of aryl methyl sites for hydroxylation is 1. The molecular formula is C21H20O5. The number of esters is 1. The molecule has 0 bridgehead atoms. The molecule has 3 aromatic rings. The van der Waals surface area contributed by atoms with Crippen molar-refractivity contribution in [3.8, 4) is 16.9 Å². The highest BCUT2D eigenvalue weighted by molar-refractivity contribution is 5.98. The first-order valence-electron chi connectivity index (χ1n) is 8.46. The summed E-state index contributed by atoms with van der Waals surface area (Å²) >= 11 is 0. The van der Waals surface area contributed by atoms with E-state index >= 15 is 0 Å². The molecule has 0 N–H and O–H groups in total. The van der Waals surface area contributed by atoms with Crippen LogP contribution in [0.2, 0.25) is 0 Å². The van der Waals surface area contributed by atoms with Crippen molar-refractivity contribution in [2.45, 2.75) is 26.9 Å². The minimum atomic E-state index is -0.782. The van der Waals surface area contributed by atoms with Crippen LogP contribution in [-0.2, 0) is 9.53 Å². The average Bonchev–Trinajstić information content (AvgIpc) is 2.61. The van der Waals surface area contributed by atoms with Crippen molar-refractivity contribution in [3.63, 3.8) is 0 Å². The maximum Gasteiger partial charge on any atom is 0.347 e. The molecule has 0 saturated heterocycles. The summed E-state index contributed by atoms with van der Waals surface area (Å²) in [6.07, 6.45) is -0.782. The van der Waals surface area contributed by atoms with E-state index in [0.717, 1.165) is 11.1 Å². The SMILES string of the molecule is CCOC(=O)C(C)Oc1cc(C)cc2oc(=O)cc(-c3ccccc3)c12. The zero-order valence-corrected chi connectivity index (χ0v) is 14.9. The minimum absolute atomic E-state index is 0.283. The smallest absolute Gasteiger partial charge is 0.347 e. The summed E-state index contributed by atoms with van der Waals surface area (Å²) in [5.74, 6) is 0.0314. The Kier molecular flexibility index (Phi) is 5.07. The fourth-order valence-electron chi connectivity index (χ4n) is 2.83. The lowest BCUT2D eigenvalue weighted by Crippen LogP contribution is -2.26. The van der Waals surface area contributed by atoms with Gasteiger partial charge >= 0.3 is 11.6 Å². The van der Waals surface area contributed by atoms with Crippen LogP contribution in [0.5, 0.6) is 5.75 Å². The van der Waals surface area contributed by atoms with E-state index < -0.39 is 17.7 Å². The molecule has 0 aliphatic heterocycles. The fourth-order valence-corrected chi connectivity index (χ4v) is 2.83. The average molecular weight is 352 g/mol. The lowest BCUT2D eigenvalue weighted by atomic mass is 10.0. The summed E-state index contributed by atoms with van der Waals surface area (Å²) in [4.78, 5) is 24.0. The molecule has 0 aliphatic carbocycles. The molecule has 2 aromatic carbocycles. The van der Waals surface area contributed by atoms with Crippen LogP contribution in [0.15, 0.2) is 57.7 Å². The Labute approximate surface area is 151 Å². The molecule has 1 unspecified atom stereocenters. The third kappa shape index (κ3) is 3.61. The van der Waals surface area contributed by atoms with Crippen molar-refractivity contribution in [2.75, 3.05) is 6.61 Å². The molecule has 3 rings (SSSR count). The Hall–Kier alpha value is -3.08. The van der Waals surface area contributed by atoms with Crippen LogP contribution in [0, 0.1) is 6.92 Å². The minimum Gasteiger partial charge on any atom is -0.478 e. The van der Waals surface area contributed by atoms with Gasteiger partial charge in [-0.25, -0.2) is 9.59 Å². The van der Waals surface area contributed by atoms with Gasteiger partial charge in [0.05, 0.1) is 12.0 Å². The largest absolute Gasteiger partial charge is 0.478 e. The third-order valence-electron chi connectivity index (χ3n) is 3.96. The quantitative estimate of drug-likeness (QED) is 0.511. The van der Waals surface area contributed by atoms with Crippen molar-refractivity contribution >= 4 is 16.9 Å². The maximum absolute atomic E-state index is 12.0. The predicted octanol–water partition coefficient (Wildman–Crippen LogP) is 4.10. The molecule has 1 heterocycles. The van der Waals surface area contributed by atoms with Gasteiger partial charge in [-0.05, 0) is 44.0 Å². The van der Waals surface area contributed by atoms with E-state index in [1.54, 1.807) is 19.9 Å². The summed E-state index contributed by atoms with van der Waals surface area (Å²) in [6.45, 7) is 5.53. The summed E-state index contributed by atoms with van der Waals surface area (Å²) < 4.78 is 16.3. The first-order chi connectivity index (χ1) is 12.5. The van der Waals surface area contributed by atoms with Gasteiger partial charge in [-0.3, -0.25) is 0 Å². The first-order valence-corrected chi connectivity index (χ1v) is 8.46. The summed E-state index contributed by atoms with van der Waals surface area (Å²) in [5, 5.41) is 0.651. The Balaban J connectivity index is 2.19. The molecule has 26 heavy (non-hydrogen) atoms. The molecule has 0 aliphatic rings. The standard InChI is InChI=1S/C21H20O5/c1-4-24-21(23)14(3)25-17-10-13(2)11-18-20(17)16(12-19(22)26-18)15-8-6-5-7-9-15/h5-12,14H,4H2,1-3H3. The Morgan fingerprint density at radius 3 is 2.58 bits per heavy atom. The van der Waals surface area contributed by atoms with E-state index in [2.05, 4.69) is 0 Å². The molecule has 0 radical (unpaired) electrons. The second-order valence-electron chi connectivity index (χ2n) is 5.99. The molecule has 134 valence electrons. The van der Waals surface area contributed by atoms with Gasteiger partial charge in [0.25, 0.3) is 0 Å². The van der Waals surface area contributed by atoms with E-state index in [1.165, 1.54) is 6.07 Å². The summed E-state index contributed by atoms with van der Waals surface area (Å²) in [7, 11) is 0. The van der Waals surface area contributed by atoms with Gasteiger partial charge in [-0.15, -0.1) is 0 Å². The highest BCUT2D eigenvalue weighted by Gasteiger charge is 2.20. The molecule has 0 saturated carbocycles. The van der Waals surface area contributed by atoms with Crippen LogP contribution >= 0.6 is 0 Å². The zero-order chi connectivity index (χ0) is 18.7. The van der Waals surface area contributed by atoms with Gasteiger partial charge in [0.15, 0.2) is 6.10 Å². The summed E-state index contributed by atoms with van der Waals surface area (Å²) in [6, 6.07) is 14.6. The second-order valence-corrected chi connectivity index (χ2v) is 5.99. The van der Waals surface area contributed by atoms with E-state index in [1.807, 2.05) is 43.3 Å². The van der Waals surface area contributed by atoms with Crippen molar-refractivity contribution in [2.24, 2.45) is 0 Å². The van der Waals surface area contributed by atoms with Crippen LogP contribution < -0.4 is 10.4 Å². The number of hydrogen-bond acceptors (Lipinski definition) is 5. The van der Waals surface area contributed by atoms with Gasteiger partial charge in [-0.1, -0.05) is 30.3 Å². The number of benzene rings is 2. The van der Waals surface area contributed by atoms with Gasteiger partial charge < -0.3 is 13.9 Å². The second kappa shape index (κ2) is 7.44. The molecule has 0 amide bonds. The number of hydrogen-bond donors (Lipinski definition) is 0. The topological polar surface area (TPSA) is 65.7 Å². The van der Waals surface area contributed by atoms with Crippen molar-refractivity contribution in [1.29, 1.82) is 0 Å². The predicted molar refractivity (Wildman–Crippen MR) is 99.4 cm³/mol. The van der Waals surface area contributed by atoms with Gasteiger partial charge in [0, 0.05) is 11.6 Å². The number of carbonyl (C=O) groups is 1. The van der Waals surface area contributed by atoms with Crippen molar-refractivity contribution in [1.82, 2.24) is 0 Å². The van der Waals surface area contributed by atoms with Crippen LogP contribution in [0.4, 0.5) is 0 Å². The summed E-state index contributed by atoms with van der Waals surface area (Å²) in [5.41, 5.74) is 2.40. The van der Waals surface area contributed by atoms with Gasteiger partial charge in [0.2, 0.25) is 0 Å². The highest BCUT2D eigenvalue weighted by Crippen LogP contribution is 2.35. The zero-order valence-electron chi connectivity index (χ0n) is 14.9. The normalized spacial score (nSPS) is 12.0. The van der Waals surface area contributed by atoms with Crippen LogP contribution in [0.1, 0.15) is 19.4 Å². The van der Waals surface area contributed by atoms with Crippen LogP contribution in [-0.4, -0.2) is 18.7 Å². The highest BCUT2D eigenvalue weighted by atomic mass is 16.6. The Morgan fingerprint density at radius 1 is 1.15 bits per heavy atom. The van der Waals surface area contributed by atoms with Crippen molar-refractivity contribution in [3.05, 3.63) is 64.5 Å². The molecule has 5 heteroatoms. The van der Waals surface area contributed by atoms with Crippen molar-refractivity contribution < 1.29 is 18.7 Å². The Bertz CT molecular complexity index is 988. The van der Waals surface area contributed by atoms with E-state index in [4.69, 9.17) is 13.9 Å². The maximum atomic E-state index is 12.0. The Morgan fingerprint density at radius 2 is 1.88 bits per heavy atom. The molecule has 0 fully saturated rings. The monoisotopic (exact) mass is 352 g/mol. The molecule has 5 nitrogen and oxygen atoms in total. The molecule has 1 atom stereocenters. The number of carbonyl (C=O) groups excluding carboxylic acids is 1. The van der Waals surface area contributed by atoms with E-state index in [-0.39, 0.29) is 6.61 Å². The number of ether oxygens (including phenoxy) is 2. The van der Waals surface area contributed by atoms with Crippen LogP contribution in [0.25, 0.3) is 22.1 Å². The molecular weight excluding hydrogens is 332 g/mol. The molecule has 0 spiro atoms. The van der Waals surface area contributed by atoms with E-state index in [0.29, 0.717) is 22.3 Å². The number of rotatable bonds is 5. The number of fused-ring (bicyclic) bond motifs is 1. The van der Waals surface area contributed by atoms with Crippen LogP contribution in [0.3, 0.4) is 0 Å².